The van der Waals surface area contributed by atoms with Crippen molar-refractivity contribution in [3.05, 3.63) is 48.2 Å². The summed E-state index contributed by atoms with van der Waals surface area (Å²) in [5.74, 6) is -0.0717. The Bertz CT molecular complexity index is 777. The first kappa shape index (κ1) is 13.3. The van der Waals surface area contributed by atoms with Gasteiger partial charge in [0.1, 0.15) is 5.65 Å². The number of H-pyrrole nitrogens is 1. The predicted octanol–water partition coefficient (Wildman–Crippen LogP) is 5.03. The van der Waals surface area contributed by atoms with Crippen LogP contribution in [0.1, 0.15) is 15.2 Å². The fourth-order valence-electron chi connectivity index (χ4n) is 1.79. The average molecular weight is 421 g/mol. The molecule has 3 nitrogen and oxygen atoms in total. The summed E-state index contributed by atoms with van der Waals surface area (Å²) < 4.78 is 1.75. The van der Waals surface area contributed by atoms with Crippen LogP contribution >= 0.6 is 54.8 Å². The normalized spacial score (nSPS) is 11.1. The summed E-state index contributed by atoms with van der Waals surface area (Å²) in [6, 6.07) is 3.47. The second-order valence-electron chi connectivity index (χ2n) is 3.78. The fraction of sp³-hybridized carbons (Fsp3) is 0. The average Bonchev–Trinajstić information content (AvgIpc) is 2.94. The lowest BCUT2D eigenvalue weighted by Gasteiger charge is -1.97. The van der Waals surface area contributed by atoms with Gasteiger partial charge in [0.05, 0.1) is 19.2 Å². The predicted molar refractivity (Wildman–Crippen MR) is 84.3 cm³/mol. The van der Waals surface area contributed by atoms with Gasteiger partial charge in [0.15, 0.2) is 0 Å². The quantitative estimate of drug-likeness (QED) is 0.591. The van der Waals surface area contributed by atoms with Crippen LogP contribution in [-0.2, 0) is 0 Å². The van der Waals surface area contributed by atoms with Gasteiger partial charge >= 0.3 is 0 Å². The molecule has 0 amide bonds. The lowest BCUT2D eigenvalue weighted by atomic mass is 10.1. The van der Waals surface area contributed by atoms with E-state index >= 15 is 0 Å². The smallest absolute Gasteiger partial charge is 0.205 e. The number of pyridine rings is 1. The van der Waals surface area contributed by atoms with E-state index < -0.39 is 0 Å². The highest BCUT2D eigenvalue weighted by atomic mass is 79.9. The van der Waals surface area contributed by atoms with Crippen molar-refractivity contribution in [2.75, 3.05) is 0 Å². The number of nitrogens with one attached hydrogen (secondary N) is 1. The van der Waals surface area contributed by atoms with Gasteiger partial charge < -0.3 is 4.98 Å². The Kier molecular flexibility index (Phi) is 3.51. The summed E-state index contributed by atoms with van der Waals surface area (Å²) in [5.41, 5.74) is 1.15. The molecule has 0 aromatic carbocycles. The molecule has 19 heavy (non-hydrogen) atoms. The van der Waals surface area contributed by atoms with Gasteiger partial charge in [-0.05, 0) is 44.0 Å². The minimum absolute atomic E-state index is 0.0717. The molecular formula is C12H5Br2ClN2OS. The van der Waals surface area contributed by atoms with Crippen molar-refractivity contribution in [1.29, 1.82) is 0 Å². The number of hydrogen-bond acceptors (Lipinski definition) is 3. The molecule has 0 aliphatic carbocycles. The largest absolute Gasteiger partial charge is 0.345 e. The summed E-state index contributed by atoms with van der Waals surface area (Å²) in [4.78, 5) is 20.3. The van der Waals surface area contributed by atoms with E-state index in [9.17, 15) is 4.79 Å². The number of nitrogens with zero attached hydrogens (tertiary/aromatic N) is 1. The van der Waals surface area contributed by atoms with Gasteiger partial charge in [-0.1, -0.05) is 11.6 Å². The van der Waals surface area contributed by atoms with E-state index in [4.69, 9.17) is 11.6 Å². The molecule has 3 aromatic rings. The Hall–Kier alpha value is -0.690. The number of thiophene rings is 1. The van der Waals surface area contributed by atoms with Crippen LogP contribution in [0.25, 0.3) is 11.0 Å². The zero-order chi connectivity index (χ0) is 13.6. The van der Waals surface area contributed by atoms with Gasteiger partial charge in [-0.2, -0.15) is 0 Å². The fourth-order valence-corrected chi connectivity index (χ4v) is 4.02. The second-order valence-corrected chi connectivity index (χ2v) is 7.41. The molecule has 96 valence electrons. The standard InChI is InChI=1S/C12H5Br2ClN2OS/c13-6-3-8(19-11(6)14)10(18)5-4-17-12-9(5)7(15)1-2-16-12/h1-4H,(H,16,17). The first-order valence-corrected chi connectivity index (χ1v) is 7.97. The minimum atomic E-state index is -0.0717. The highest BCUT2D eigenvalue weighted by molar-refractivity contribution is 9.13. The SMILES string of the molecule is O=C(c1cc(Br)c(Br)s1)c1c[nH]c2nccc(Cl)c12. The van der Waals surface area contributed by atoms with Crippen molar-refractivity contribution >= 4 is 71.6 Å². The topological polar surface area (TPSA) is 45.8 Å². The third kappa shape index (κ3) is 2.27. The third-order valence-corrected chi connectivity index (χ3v) is 6.21. The first-order chi connectivity index (χ1) is 9.08. The molecular weight excluding hydrogens is 415 g/mol. The van der Waals surface area contributed by atoms with Crippen LogP contribution < -0.4 is 0 Å². The van der Waals surface area contributed by atoms with Gasteiger partial charge in [0.2, 0.25) is 5.78 Å². The van der Waals surface area contributed by atoms with Crippen molar-refractivity contribution in [2.45, 2.75) is 0 Å². The minimum Gasteiger partial charge on any atom is -0.345 e. The summed E-state index contributed by atoms with van der Waals surface area (Å²) >= 11 is 14.3. The van der Waals surface area contributed by atoms with Crippen molar-refractivity contribution in [3.63, 3.8) is 0 Å². The molecule has 0 unspecified atom stereocenters. The van der Waals surface area contributed by atoms with Crippen LogP contribution in [0.5, 0.6) is 0 Å². The van der Waals surface area contributed by atoms with Gasteiger partial charge in [0.25, 0.3) is 0 Å². The van der Waals surface area contributed by atoms with Gasteiger partial charge in [-0.3, -0.25) is 4.79 Å². The van der Waals surface area contributed by atoms with Crippen LogP contribution in [0.2, 0.25) is 5.02 Å². The van der Waals surface area contributed by atoms with Crippen LogP contribution in [0, 0.1) is 0 Å². The molecule has 0 fully saturated rings. The number of fused-ring (bicyclic) bond motifs is 1. The number of carbonyl (C=O) groups is 1. The molecule has 0 bridgehead atoms. The Morgan fingerprint density at radius 1 is 1.42 bits per heavy atom. The Morgan fingerprint density at radius 2 is 2.21 bits per heavy atom. The zero-order valence-electron chi connectivity index (χ0n) is 9.21. The number of aromatic nitrogens is 2. The molecule has 0 atom stereocenters. The molecule has 0 radical (unpaired) electrons. The van der Waals surface area contributed by atoms with Crippen molar-refractivity contribution in [1.82, 2.24) is 9.97 Å². The lowest BCUT2D eigenvalue weighted by Crippen LogP contribution is -1.97. The van der Waals surface area contributed by atoms with E-state index in [1.165, 1.54) is 11.3 Å². The van der Waals surface area contributed by atoms with E-state index in [-0.39, 0.29) is 5.78 Å². The second kappa shape index (κ2) is 5.01. The molecule has 3 aromatic heterocycles. The van der Waals surface area contributed by atoms with E-state index in [0.29, 0.717) is 26.5 Å². The van der Waals surface area contributed by atoms with E-state index in [0.717, 1.165) is 8.26 Å². The maximum absolute atomic E-state index is 12.5. The summed E-state index contributed by atoms with van der Waals surface area (Å²) in [6.45, 7) is 0. The highest BCUT2D eigenvalue weighted by Gasteiger charge is 2.19. The van der Waals surface area contributed by atoms with Crippen LogP contribution in [-0.4, -0.2) is 15.8 Å². The van der Waals surface area contributed by atoms with Crippen molar-refractivity contribution < 1.29 is 4.79 Å². The summed E-state index contributed by atoms with van der Waals surface area (Å²) in [6.07, 6.45) is 3.25. The molecule has 3 heterocycles. The maximum atomic E-state index is 12.5. The van der Waals surface area contributed by atoms with E-state index in [2.05, 4.69) is 41.8 Å². The molecule has 0 aliphatic heterocycles. The van der Waals surface area contributed by atoms with Crippen LogP contribution in [0.15, 0.2) is 32.8 Å². The molecule has 7 heteroatoms. The maximum Gasteiger partial charge on any atom is 0.205 e. The Balaban J connectivity index is 2.17. The summed E-state index contributed by atoms with van der Waals surface area (Å²) in [5, 5.41) is 1.18. The Morgan fingerprint density at radius 3 is 2.89 bits per heavy atom. The summed E-state index contributed by atoms with van der Waals surface area (Å²) in [7, 11) is 0. The van der Waals surface area contributed by atoms with Crippen molar-refractivity contribution in [3.8, 4) is 0 Å². The van der Waals surface area contributed by atoms with Gasteiger partial charge in [0, 0.05) is 22.3 Å². The van der Waals surface area contributed by atoms with Gasteiger partial charge in [-0.25, -0.2) is 4.98 Å². The zero-order valence-corrected chi connectivity index (χ0v) is 14.0. The van der Waals surface area contributed by atoms with E-state index in [1.807, 2.05) is 0 Å². The van der Waals surface area contributed by atoms with Crippen LogP contribution in [0.4, 0.5) is 0 Å². The highest BCUT2D eigenvalue weighted by Crippen LogP contribution is 2.35. The van der Waals surface area contributed by atoms with Crippen molar-refractivity contribution in [2.24, 2.45) is 0 Å². The number of halogens is 3. The van der Waals surface area contributed by atoms with E-state index in [1.54, 1.807) is 24.5 Å². The molecule has 3 rings (SSSR count). The molecule has 0 saturated heterocycles. The number of hydrogen-bond donors (Lipinski definition) is 1. The van der Waals surface area contributed by atoms with Gasteiger partial charge in [-0.15, -0.1) is 11.3 Å². The number of rotatable bonds is 2. The molecule has 1 N–H and O–H groups in total. The Labute approximate surface area is 134 Å². The lowest BCUT2D eigenvalue weighted by molar-refractivity contribution is 0.104. The molecule has 0 aliphatic rings. The van der Waals surface area contributed by atoms with Crippen LogP contribution in [0.3, 0.4) is 0 Å². The monoisotopic (exact) mass is 418 g/mol. The molecule has 0 saturated carbocycles. The number of ketones is 1. The molecule has 0 spiro atoms. The third-order valence-electron chi connectivity index (χ3n) is 2.64. The first-order valence-electron chi connectivity index (χ1n) is 5.19. The number of carbonyl (C=O) groups excluding carboxylic acids is 1. The number of aromatic amines is 1.